The van der Waals surface area contributed by atoms with Crippen LogP contribution in [0.3, 0.4) is 0 Å². The number of para-hydroxylation sites is 2. The number of hydrogen-bond acceptors (Lipinski definition) is 5. The molecule has 0 aliphatic rings. The minimum atomic E-state index is -0.267. The number of benzene rings is 5. The van der Waals surface area contributed by atoms with Crippen LogP contribution in [0, 0.1) is 0 Å². The van der Waals surface area contributed by atoms with E-state index in [9.17, 15) is 0 Å². The first-order chi connectivity index (χ1) is 20.8. The van der Waals surface area contributed by atoms with Crippen molar-refractivity contribution in [1.82, 2.24) is 4.90 Å². The highest BCUT2D eigenvalue weighted by atomic mass is 16.7. The fourth-order valence-electron chi connectivity index (χ4n) is 5.42. The van der Waals surface area contributed by atoms with E-state index in [4.69, 9.17) is 18.9 Å². The highest BCUT2D eigenvalue weighted by Crippen LogP contribution is 2.45. The maximum absolute atomic E-state index is 6.19. The molecule has 0 atom stereocenters. The Balaban J connectivity index is 1.79. The van der Waals surface area contributed by atoms with Gasteiger partial charge in [-0.25, -0.2) is 0 Å². The Bertz CT molecular complexity index is 1400. The molecule has 0 spiro atoms. The summed E-state index contributed by atoms with van der Waals surface area (Å²) in [7, 11) is 3.27. The standard InChI is InChI=1S/C37H37NO4/c1-39-27-41-34-24-14-12-22-32(34)37(33-23-13-15-25-35(33)42-28-40-2)38(26-29-16-6-3-7-17-29)36(30-18-8-4-9-19-30)31-20-10-5-11-21-31/h3-25,36-37H,26-28H2,1-2H3. The van der Waals surface area contributed by atoms with E-state index in [1.54, 1.807) is 14.2 Å². The quantitative estimate of drug-likeness (QED) is 0.129. The second-order valence-electron chi connectivity index (χ2n) is 9.96. The van der Waals surface area contributed by atoms with E-state index in [1.807, 2.05) is 24.3 Å². The summed E-state index contributed by atoms with van der Waals surface area (Å²) >= 11 is 0. The van der Waals surface area contributed by atoms with Crippen molar-refractivity contribution < 1.29 is 18.9 Å². The summed E-state index contributed by atoms with van der Waals surface area (Å²) in [5.74, 6) is 1.51. The molecule has 0 aliphatic carbocycles. The molecule has 0 saturated heterocycles. The van der Waals surface area contributed by atoms with Crippen molar-refractivity contribution in [1.29, 1.82) is 0 Å². The largest absolute Gasteiger partial charge is 0.467 e. The molecular weight excluding hydrogens is 522 g/mol. The van der Waals surface area contributed by atoms with Crippen molar-refractivity contribution in [3.8, 4) is 11.5 Å². The topological polar surface area (TPSA) is 40.2 Å². The van der Waals surface area contributed by atoms with Gasteiger partial charge in [0.2, 0.25) is 0 Å². The molecule has 5 rings (SSSR count). The summed E-state index contributed by atoms with van der Waals surface area (Å²) in [4.78, 5) is 2.53. The fraction of sp³-hybridized carbons (Fsp3) is 0.189. The molecule has 0 N–H and O–H groups in total. The number of nitrogens with zero attached hydrogens (tertiary/aromatic N) is 1. The van der Waals surface area contributed by atoms with Crippen molar-refractivity contribution in [3.63, 3.8) is 0 Å². The van der Waals surface area contributed by atoms with E-state index in [0.717, 1.165) is 22.6 Å². The first-order valence-corrected chi connectivity index (χ1v) is 14.1. The van der Waals surface area contributed by atoms with Crippen LogP contribution in [-0.2, 0) is 16.0 Å². The van der Waals surface area contributed by atoms with Gasteiger partial charge >= 0.3 is 0 Å². The monoisotopic (exact) mass is 559 g/mol. The van der Waals surface area contributed by atoms with E-state index in [1.165, 1.54) is 16.7 Å². The minimum absolute atomic E-state index is 0.0939. The zero-order valence-electron chi connectivity index (χ0n) is 24.1. The van der Waals surface area contributed by atoms with Crippen LogP contribution in [0.15, 0.2) is 140 Å². The van der Waals surface area contributed by atoms with E-state index < -0.39 is 0 Å². The zero-order valence-corrected chi connectivity index (χ0v) is 24.1. The number of methoxy groups -OCH3 is 2. The van der Waals surface area contributed by atoms with Crippen molar-refractivity contribution in [2.24, 2.45) is 0 Å². The van der Waals surface area contributed by atoms with Crippen molar-refractivity contribution in [2.75, 3.05) is 27.8 Å². The van der Waals surface area contributed by atoms with E-state index in [-0.39, 0.29) is 25.7 Å². The predicted octanol–water partition coefficient (Wildman–Crippen LogP) is 8.03. The van der Waals surface area contributed by atoms with Gasteiger partial charge < -0.3 is 18.9 Å². The van der Waals surface area contributed by atoms with Crippen LogP contribution in [0.4, 0.5) is 0 Å². The third-order valence-electron chi connectivity index (χ3n) is 7.19. The Morgan fingerprint density at radius 3 is 1.33 bits per heavy atom. The first-order valence-electron chi connectivity index (χ1n) is 14.1. The lowest BCUT2D eigenvalue weighted by Gasteiger charge is -2.40. The second-order valence-corrected chi connectivity index (χ2v) is 9.96. The smallest absolute Gasteiger partial charge is 0.188 e. The van der Waals surface area contributed by atoms with Gasteiger partial charge in [-0.1, -0.05) is 127 Å². The molecule has 5 nitrogen and oxygen atoms in total. The highest BCUT2D eigenvalue weighted by Gasteiger charge is 2.34. The van der Waals surface area contributed by atoms with Crippen LogP contribution in [0.5, 0.6) is 11.5 Å². The molecule has 0 amide bonds. The summed E-state index contributed by atoms with van der Waals surface area (Å²) in [6, 6.07) is 47.9. The molecule has 5 aromatic carbocycles. The summed E-state index contributed by atoms with van der Waals surface area (Å²) in [6.07, 6.45) is 0. The Hall–Kier alpha value is -4.42. The van der Waals surface area contributed by atoms with Gasteiger partial charge in [0.15, 0.2) is 13.6 Å². The molecule has 0 heterocycles. The molecule has 0 aliphatic heterocycles. The average molecular weight is 560 g/mol. The van der Waals surface area contributed by atoms with Crippen LogP contribution < -0.4 is 9.47 Å². The normalized spacial score (nSPS) is 11.3. The average Bonchev–Trinajstić information content (AvgIpc) is 3.05. The van der Waals surface area contributed by atoms with Crippen LogP contribution in [0.1, 0.15) is 39.9 Å². The maximum Gasteiger partial charge on any atom is 0.188 e. The molecule has 0 aromatic heterocycles. The Morgan fingerprint density at radius 1 is 0.476 bits per heavy atom. The lowest BCUT2D eigenvalue weighted by Crippen LogP contribution is -2.34. The van der Waals surface area contributed by atoms with Crippen LogP contribution in [0.25, 0.3) is 0 Å². The maximum atomic E-state index is 6.19. The molecule has 5 aromatic rings. The molecule has 5 heteroatoms. The van der Waals surface area contributed by atoms with E-state index in [0.29, 0.717) is 6.54 Å². The lowest BCUT2D eigenvalue weighted by atomic mass is 9.89. The summed E-state index contributed by atoms with van der Waals surface area (Å²) in [5, 5.41) is 0. The predicted molar refractivity (Wildman–Crippen MR) is 166 cm³/mol. The fourth-order valence-corrected chi connectivity index (χ4v) is 5.42. The SMILES string of the molecule is COCOc1ccccc1C(c1ccccc1OCOC)N(Cc1ccccc1)C(c1ccccc1)c1ccccc1. The molecular formula is C37H37NO4. The molecule has 214 valence electrons. The third kappa shape index (κ3) is 7.07. The molecule has 0 saturated carbocycles. The van der Waals surface area contributed by atoms with Gasteiger partial charge in [0, 0.05) is 31.9 Å². The van der Waals surface area contributed by atoms with Gasteiger partial charge in [0.1, 0.15) is 11.5 Å². The van der Waals surface area contributed by atoms with E-state index >= 15 is 0 Å². The summed E-state index contributed by atoms with van der Waals surface area (Å²) < 4.78 is 23.0. The number of hydrogen-bond donors (Lipinski definition) is 0. The Morgan fingerprint density at radius 2 is 0.881 bits per heavy atom. The molecule has 0 radical (unpaired) electrons. The van der Waals surface area contributed by atoms with E-state index in [2.05, 4.69) is 120 Å². The van der Waals surface area contributed by atoms with Crippen molar-refractivity contribution in [3.05, 3.63) is 167 Å². The third-order valence-corrected chi connectivity index (χ3v) is 7.19. The van der Waals surface area contributed by atoms with Crippen LogP contribution in [-0.4, -0.2) is 32.7 Å². The lowest BCUT2D eigenvalue weighted by molar-refractivity contribution is 0.0464. The molecule has 0 fully saturated rings. The van der Waals surface area contributed by atoms with Crippen molar-refractivity contribution in [2.45, 2.75) is 18.6 Å². The number of rotatable bonds is 14. The Labute approximate surface area is 248 Å². The van der Waals surface area contributed by atoms with Crippen molar-refractivity contribution >= 4 is 0 Å². The minimum Gasteiger partial charge on any atom is -0.467 e. The molecule has 0 unspecified atom stereocenters. The highest BCUT2D eigenvalue weighted by molar-refractivity contribution is 5.48. The van der Waals surface area contributed by atoms with Gasteiger partial charge in [0.25, 0.3) is 0 Å². The van der Waals surface area contributed by atoms with Gasteiger partial charge in [-0.15, -0.1) is 0 Å². The molecule has 0 bridgehead atoms. The number of ether oxygens (including phenoxy) is 4. The molecule has 42 heavy (non-hydrogen) atoms. The van der Waals surface area contributed by atoms with Gasteiger partial charge in [-0.2, -0.15) is 0 Å². The summed E-state index contributed by atoms with van der Waals surface area (Å²) in [6.45, 7) is 0.952. The van der Waals surface area contributed by atoms with Crippen LogP contribution in [0.2, 0.25) is 0 Å². The van der Waals surface area contributed by atoms with Crippen LogP contribution >= 0.6 is 0 Å². The van der Waals surface area contributed by atoms with Gasteiger partial charge in [-0.3, -0.25) is 4.90 Å². The van der Waals surface area contributed by atoms with Gasteiger partial charge in [0.05, 0.1) is 12.1 Å². The zero-order chi connectivity index (χ0) is 29.0. The first kappa shape index (κ1) is 29.1. The van der Waals surface area contributed by atoms with Gasteiger partial charge in [-0.05, 0) is 28.8 Å². The Kier molecular flexibility index (Phi) is 10.4. The second kappa shape index (κ2) is 15.0. The summed E-state index contributed by atoms with van der Waals surface area (Å²) in [5.41, 5.74) is 5.60.